The molecule has 17 atom stereocenters. The standard InChI is InChI=1S/C56H72N8O14S2/c1-2-21-64-39-8-4-3-7-30(39)22-31-23-35(17-20-40(31)64)58-53(71)57-32-11-13-33(14-12-32)59-55(79)60-34-15-18-36(19-16-34)74-27-43-49(68)48(67)37(41(24-65)76-43)25-73-26-42-50(69)51(70)52-44(77-42)28-75-56(78-52)62-46(66)10-6-5-9-45-47-38(29-80-45)61-54(72)63-47/h1,11-20,23,30,37-39,41-45,47-52,56,65,67-70H,3-10,21-22,24-29H2,(H,62,66)(H2,57,58,71)(H2,59,60,79)(H2,61,63,72)/p+1. The number of hydrogen-bond acceptors (Lipinski definition) is 16. The third-order valence-electron chi connectivity index (χ3n) is 16.4. The van der Waals surface area contributed by atoms with E-state index in [4.69, 9.17) is 47.1 Å². The van der Waals surface area contributed by atoms with Crippen LogP contribution in [0.2, 0.25) is 0 Å². The van der Waals surface area contributed by atoms with Crippen molar-refractivity contribution >= 4 is 75.5 Å². The molecule has 5 amide bonds. The molecular weight excluding hydrogens is 1070 g/mol. The Morgan fingerprint density at radius 1 is 0.812 bits per heavy atom. The van der Waals surface area contributed by atoms with Gasteiger partial charge in [-0.15, -0.1) is 6.42 Å². The lowest BCUT2D eigenvalue weighted by Crippen LogP contribution is -3.13. The van der Waals surface area contributed by atoms with Crippen molar-refractivity contribution in [3.8, 4) is 18.1 Å². The molecule has 6 heterocycles. The molecule has 80 heavy (non-hydrogen) atoms. The zero-order valence-electron chi connectivity index (χ0n) is 44.2. The lowest BCUT2D eigenvalue weighted by molar-refractivity contribution is -0.862. The Bertz CT molecular complexity index is 2670. The largest absolute Gasteiger partial charge is 0.491 e. The molecule has 0 radical (unpaired) electrons. The Kier molecular flexibility index (Phi) is 19.3. The molecule has 5 saturated heterocycles. The van der Waals surface area contributed by atoms with Crippen LogP contribution in [-0.2, 0) is 34.9 Å². The van der Waals surface area contributed by atoms with E-state index >= 15 is 0 Å². The van der Waals surface area contributed by atoms with E-state index in [9.17, 15) is 39.9 Å². The lowest BCUT2D eigenvalue weighted by atomic mass is 9.76. The summed E-state index contributed by atoms with van der Waals surface area (Å²) in [6, 6.07) is 20.5. The highest BCUT2D eigenvalue weighted by molar-refractivity contribution is 8.00. The number of thiocarbonyl (C=S) groups is 1. The number of unbranched alkanes of at least 4 members (excludes halogenated alkanes) is 1. The van der Waals surface area contributed by atoms with Crippen LogP contribution in [0.4, 0.5) is 38.0 Å². The molecule has 7 aliphatic rings. The molecule has 10 rings (SSSR count). The zero-order valence-corrected chi connectivity index (χ0v) is 45.8. The average molecular weight is 1150 g/mol. The monoisotopic (exact) mass is 1150 g/mol. The highest BCUT2D eigenvalue weighted by atomic mass is 32.2. The van der Waals surface area contributed by atoms with Crippen LogP contribution in [0, 0.1) is 24.2 Å². The number of amides is 5. The molecule has 1 aliphatic carbocycles. The number of nitrogens with one attached hydrogen (secondary N) is 8. The summed E-state index contributed by atoms with van der Waals surface area (Å²) in [5, 5.41) is 75.9. The molecule has 24 heteroatoms. The number of quaternary nitrogens is 1. The molecule has 17 unspecified atom stereocenters. The van der Waals surface area contributed by atoms with Crippen LogP contribution in [0.1, 0.15) is 56.9 Å². The van der Waals surface area contributed by atoms with Crippen molar-refractivity contribution in [2.75, 3.05) is 66.6 Å². The van der Waals surface area contributed by atoms with E-state index in [-0.39, 0.29) is 62.9 Å². The molecule has 0 aromatic heterocycles. The van der Waals surface area contributed by atoms with Gasteiger partial charge in [0.05, 0.1) is 56.8 Å². The Balaban J connectivity index is 0.608. The van der Waals surface area contributed by atoms with Crippen LogP contribution >= 0.6 is 24.0 Å². The van der Waals surface area contributed by atoms with Crippen LogP contribution in [0.15, 0.2) is 66.7 Å². The summed E-state index contributed by atoms with van der Waals surface area (Å²) in [6.07, 6.45) is 2.67. The molecule has 6 aliphatic heterocycles. The third kappa shape index (κ3) is 13.9. The van der Waals surface area contributed by atoms with Gasteiger partial charge in [0.15, 0.2) is 5.11 Å². The van der Waals surface area contributed by atoms with Gasteiger partial charge in [-0.25, -0.2) is 9.59 Å². The fourth-order valence-corrected chi connectivity index (χ4v) is 14.0. The molecule has 3 aromatic carbocycles. The van der Waals surface area contributed by atoms with E-state index < -0.39 is 73.9 Å². The van der Waals surface area contributed by atoms with Crippen molar-refractivity contribution in [3.05, 3.63) is 72.3 Å². The maximum atomic E-state index is 13.0. The van der Waals surface area contributed by atoms with Crippen molar-refractivity contribution in [2.24, 2.45) is 11.8 Å². The third-order valence-corrected chi connectivity index (χ3v) is 18.1. The first-order valence-electron chi connectivity index (χ1n) is 27.7. The molecule has 1 saturated carbocycles. The van der Waals surface area contributed by atoms with Gasteiger partial charge in [0.2, 0.25) is 12.3 Å². The number of aliphatic hydroxyl groups excluding tert-OH is 5. The van der Waals surface area contributed by atoms with E-state index in [1.807, 2.05) is 17.8 Å². The van der Waals surface area contributed by atoms with Crippen molar-refractivity contribution < 1.29 is 73.2 Å². The summed E-state index contributed by atoms with van der Waals surface area (Å²) in [6.45, 7) is -0.451. The Morgan fingerprint density at radius 3 is 2.27 bits per heavy atom. The SMILES string of the molecule is C#CC[NH+]1c2ccc(NC(=O)Nc3ccc(NC(=S)Nc4ccc(OCC5OC(CO)C(COCC6OC7COC(NC(=O)CCCCC8SCC9NC(=O)NC98)OC7C(O)C6O)C(O)C5O)cc4)cc3)cc2CC2CCCCC21. The van der Waals surface area contributed by atoms with E-state index in [0.29, 0.717) is 58.1 Å². The van der Waals surface area contributed by atoms with Gasteiger partial charge < -0.3 is 91.2 Å². The highest BCUT2D eigenvalue weighted by Gasteiger charge is 2.50. The molecule has 432 valence electrons. The van der Waals surface area contributed by atoms with Gasteiger partial charge in [0.1, 0.15) is 67.3 Å². The van der Waals surface area contributed by atoms with Crippen molar-refractivity contribution in [1.29, 1.82) is 0 Å². The first-order chi connectivity index (χ1) is 38.8. The number of terminal acetylenes is 1. The van der Waals surface area contributed by atoms with Crippen LogP contribution in [0.3, 0.4) is 0 Å². The fraction of sp³-hybridized carbons (Fsp3) is 0.571. The quantitative estimate of drug-likeness (QED) is 0.0353. The van der Waals surface area contributed by atoms with Crippen LogP contribution < -0.4 is 46.9 Å². The molecule has 13 N–H and O–H groups in total. The van der Waals surface area contributed by atoms with Crippen LogP contribution in [0.25, 0.3) is 0 Å². The molecule has 3 aromatic rings. The second-order valence-corrected chi connectivity index (χ2v) is 23.4. The second-order valence-electron chi connectivity index (χ2n) is 21.7. The molecule has 6 fully saturated rings. The summed E-state index contributed by atoms with van der Waals surface area (Å²) >= 11 is 7.37. The number of anilines is 4. The predicted molar refractivity (Wildman–Crippen MR) is 301 cm³/mol. The Labute approximate surface area is 474 Å². The number of benzene rings is 3. The maximum absolute atomic E-state index is 13.0. The fourth-order valence-electron chi connectivity index (χ4n) is 12.2. The minimum absolute atomic E-state index is 0.0471. The number of carbonyl (C=O) groups is 3. The second kappa shape index (κ2) is 26.7. The molecule has 22 nitrogen and oxygen atoms in total. The predicted octanol–water partition coefficient (Wildman–Crippen LogP) is 1.93. The highest BCUT2D eigenvalue weighted by Crippen LogP contribution is 2.36. The maximum Gasteiger partial charge on any atom is 0.323 e. The van der Waals surface area contributed by atoms with Crippen molar-refractivity contribution in [3.63, 3.8) is 0 Å². The molecular formula is C56H73N8O14S2+. The normalized spacial score (nSPS) is 33.2. The van der Waals surface area contributed by atoms with E-state index in [2.05, 4.69) is 55.3 Å². The van der Waals surface area contributed by atoms with E-state index in [0.717, 1.165) is 30.7 Å². The summed E-state index contributed by atoms with van der Waals surface area (Å²) < 4.78 is 35.3. The van der Waals surface area contributed by atoms with Gasteiger partial charge in [-0.05, 0) is 111 Å². The zero-order chi connectivity index (χ0) is 55.9. The summed E-state index contributed by atoms with van der Waals surface area (Å²) in [5.41, 5.74) is 5.17. The average Bonchev–Trinajstić information content (AvgIpc) is 4.01. The van der Waals surface area contributed by atoms with Gasteiger partial charge in [-0.1, -0.05) is 12.8 Å². The number of hydrogen-bond donors (Lipinski definition) is 13. The minimum Gasteiger partial charge on any atom is -0.491 e. The van der Waals surface area contributed by atoms with Gasteiger partial charge >= 0.3 is 12.1 Å². The van der Waals surface area contributed by atoms with Gasteiger partial charge in [0, 0.05) is 70.1 Å². The number of carbonyl (C=O) groups excluding carboxylic acids is 3. The molecule has 0 bridgehead atoms. The van der Waals surface area contributed by atoms with E-state index in [1.165, 1.54) is 41.8 Å². The number of urea groups is 2. The summed E-state index contributed by atoms with van der Waals surface area (Å²) in [4.78, 5) is 38.8. The van der Waals surface area contributed by atoms with Crippen LogP contribution in [-0.4, -0.2) is 179 Å². The Morgan fingerprint density at radius 2 is 1.51 bits per heavy atom. The number of aliphatic hydroxyl groups is 5. The smallest absolute Gasteiger partial charge is 0.323 e. The van der Waals surface area contributed by atoms with E-state index in [1.54, 1.807) is 48.5 Å². The summed E-state index contributed by atoms with van der Waals surface area (Å²) in [5.74, 6) is 3.63. The first-order valence-corrected chi connectivity index (χ1v) is 29.1. The molecule has 0 spiro atoms. The van der Waals surface area contributed by atoms with Gasteiger partial charge in [0.25, 0.3) is 0 Å². The van der Waals surface area contributed by atoms with Gasteiger partial charge in [-0.3, -0.25) is 9.69 Å². The first kappa shape index (κ1) is 57.8. The number of fused-ring (bicyclic) bond motifs is 4. The van der Waals surface area contributed by atoms with Gasteiger partial charge in [-0.2, -0.15) is 11.8 Å². The van der Waals surface area contributed by atoms with Crippen LogP contribution in [0.5, 0.6) is 5.75 Å². The Hall–Kier alpha value is -5.37. The van der Waals surface area contributed by atoms with Crippen molar-refractivity contribution in [1.82, 2.24) is 16.0 Å². The van der Waals surface area contributed by atoms with Crippen molar-refractivity contribution in [2.45, 2.75) is 143 Å². The lowest BCUT2D eigenvalue weighted by Gasteiger charge is -2.46. The number of ether oxygens (including phenoxy) is 6. The summed E-state index contributed by atoms with van der Waals surface area (Å²) in [7, 11) is 0. The minimum atomic E-state index is -1.44. The number of thioether (sulfide) groups is 1. The number of rotatable bonds is 19. The topological polar surface area (TPSA) is 296 Å².